The van der Waals surface area contributed by atoms with Gasteiger partial charge in [0.25, 0.3) is 5.91 Å². The van der Waals surface area contributed by atoms with Crippen LogP contribution in [0, 0.1) is 0 Å². The second-order valence-electron chi connectivity index (χ2n) is 2.82. The molecule has 0 radical (unpaired) electrons. The van der Waals surface area contributed by atoms with Crippen molar-refractivity contribution in [1.82, 2.24) is 5.01 Å². The second kappa shape index (κ2) is 2.65. The van der Waals surface area contributed by atoms with E-state index in [4.69, 9.17) is 0 Å². The maximum atomic E-state index is 11.4. The molecule has 1 unspecified atom stereocenters. The highest BCUT2D eigenvalue weighted by Gasteiger charge is 2.44. The number of nitrogens with zero attached hydrogens (tertiary/aromatic N) is 2. The molecule has 2 amide bonds. The van der Waals surface area contributed by atoms with E-state index in [0.717, 1.165) is 5.01 Å². The number of amides is 2. The standard InChI is InChI=1S/C7H9BrN2O2/c1-4-7(3,8)6(12)10(9-4)5(2)11/h1-3H3. The predicted molar refractivity (Wildman–Crippen MR) is 48.0 cm³/mol. The minimum absolute atomic E-state index is 0.326. The van der Waals surface area contributed by atoms with Crippen LogP contribution >= 0.6 is 15.9 Å². The average molecular weight is 233 g/mol. The van der Waals surface area contributed by atoms with E-state index in [9.17, 15) is 9.59 Å². The van der Waals surface area contributed by atoms with Gasteiger partial charge in [-0.15, -0.1) is 0 Å². The van der Waals surface area contributed by atoms with Crippen molar-refractivity contribution in [2.45, 2.75) is 25.1 Å². The van der Waals surface area contributed by atoms with Crippen LogP contribution in [0.1, 0.15) is 20.8 Å². The molecule has 0 saturated carbocycles. The molecule has 1 rings (SSSR count). The van der Waals surface area contributed by atoms with Crippen molar-refractivity contribution in [3.05, 3.63) is 0 Å². The molecule has 4 nitrogen and oxygen atoms in total. The third-order valence-corrected chi connectivity index (χ3v) is 2.73. The first-order chi connectivity index (χ1) is 5.37. The van der Waals surface area contributed by atoms with Gasteiger partial charge in [0, 0.05) is 6.92 Å². The molecule has 1 aliphatic heterocycles. The number of hydrogen-bond donors (Lipinski definition) is 0. The quantitative estimate of drug-likeness (QED) is 0.583. The fourth-order valence-corrected chi connectivity index (χ4v) is 1.10. The number of rotatable bonds is 0. The zero-order valence-electron chi connectivity index (χ0n) is 7.09. The van der Waals surface area contributed by atoms with Gasteiger partial charge < -0.3 is 0 Å². The van der Waals surface area contributed by atoms with Gasteiger partial charge in [0.2, 0.25) is 5.91 Å². The smallest absolute Gasteiger partial charge is 0.272 e. The van der Waals surface area contributed by atoms with E-state index in [1.54, 1.807) is 13.8 Å². The Balaban J connectivity index is 3.04. The van der Waals surface area contributed by atoms with E-state index in [0.29, 0.717) is 5.71 Å². The van der Waals surface area contributed by atoms with Crippen molar-refractivity contribution in [3.63, 3.8) is 0 Å². The van der Waals surface area contributed by atoms with Crippen molar-refractivity contribution in [1.29, 1.82) is 0 Å². The Labute approximate surface area is 78.7 Å². The number of halogens is 1. The molecule has 12 heavy (non-hydrogen) atoms. The number of alkyl halides is 1. The third-order valence-electron chi connectivity index (χ3n) is 1.82. The van der Waals surface area contributed by atoms with Gasteiger partial charge >= 0.3 is 0 Å². The number of carbonyl (C=O) groups is 2. The van der Waals surface area contributed by atoms with Gasteiger partial charge in [-0.25, -0.2) is 0 Å². The molecule has 0 N–H and O–H groups in total. The van der Waals surface area contributed by atoms with E-state index in [2.05, 4.69) is 21.0 Å². The predicted octanol–water partition coefficient (Wildman–Crippen LogP) is 0.905. The van der Waals surface area contributed by atoms with Gasteiger partial charge in [0.05, 0.1) is 5.71 Å². The van der Waals surface area contributed by atoms with Crippen molar-refractivity contribution in [3.8, 4) is 0 Å². The minimum atomic E-state index is -0.807. The Morgan fingerprint density at radius 1 is 1.67 bits per heavy atom. The lowest BCUT2D eigenvalue weighted by Gasteiger charge is -2.13. The number of carbonyl (C=O) groups excluding carboxylic acids is 2. The first-order valence-corrected chi connectivity index (χ1v) is 4.26. The SMILES string of the molecule is CC(=O)N1N=C(C)C(C)(Br)C1=O. The summed E-state index contributed by atoms with van der Waals surface area (Å²) in [6, 6.07) is 0. The molecular formula is C7H9BrN2O2. The number of imide groups is 1. The zero-order valence-corrected chi connectivity index (χ0v) is 8.67. The Hall–Kier alpha value is -0.710. The lowest BCUT2D eigenvalue weighted by Crippen LogP contribution is -2.38. The van der Waals surface area contributed by atoms with Crippen LogP contribution in [0.25, 0.3) is 0 Å². The van der Waals surface area contributed by atoms with Gasteiger partial charge in [-0.3, -0.25) is 9.59 Å². The van der Waals surface area contributed by atoms with Crippen LogP contribution in [-0.4, -0.2) is 26.9 Å². The normalized spacial score (nSPS) is 29.2. The van der Waals surface area contributed by atoms with Gasteiger partial charge in [-0.2, -0.15) is 10.1 Å². The van der Waals surface area contributed by atoms with E-state index in [-0.39, 0.29) is 11.8 Å². The van der Waals surface area contributed by atoms with Gasteiger partial charge in [-0.05, 0) is 13.8 Å². The van der Waals surface area contributed by atoms with Crippen molar-refractivity contribution in [2.75, 3.05) is 0 Å². The summed E-state index contributed by atoms with van der Waals surface area (Å²) in [5.74, 6) is -0.685. The van der Waals surface area contributed by atoms with Crippen LogP contribution in [0.4, 0.5) is 0 Å². The molecule has 0 saturated heterocycles. The molecule has 0 spiro atoms. The first-order valence-electron chi connectivity index (χ1n) is 3.47. The molecule has 66 valence electrons. The highest BCUT2D eigenvalue weighted by Crippen LogP contribution is 2.28. The summed E-state index contributed by atoms with van der Waals surface area (Å²) in [6.07, 6.45) is 0. The summed E-state index contributed by atoms with van der Waals surface area (Å²) in [5.41, 5.74) is 0.600. The summed E-state index contributed by atoms with van der Waals surface area (Å²) in [4.78, 5) is 22.3. The summed E-state index contributed by atoms with van der Waals surface area (Å²) >= 11 is 3.21. The highest BCUT2D eigenvalue weighted by molar-refractivity contribution is 9.10. The Kier molecular flexibility index (Phi) is 2.07. The van der Waals surface area contributed by atoms with Crippen LogP contribution in [0.2, 0.25) is 0 Å². The topological polar surface area (TPSA) is 49.7 Å². The third kappa shape index (κ3) is 1.18. The Morgan fingerprint density at radius 2 is 2.17 bits per heavy atom. The molecule has 0 aromatic heterocycles. The molecule has 1 aliphatic rings. The van der Waals surface area contributed by atoms with Gasteiger partial charge in [0.15, 0.2) is 0 Å². The largest absolute Gasteiger partial charge is 0.273 e. The second-order valence-corrected chi connectivity index (χ2v) is 4.41. The van der Waals surface area contributed by atoms with Crippen LogP contribution in [-0.2, 0) is 9.59 Å². The van der Waals surface area contributed by atoms with Crippen molar-refractivity contribution in [2.24, 2.45) is 5.10 Å². The molecule has 1 atom stereocenters. The lowest BCUT2D eigenvalue weighted by molar-refractivity contribution is -0.142. The van der Waals surface area contributed by atoms with E-state index >= 15 is 0 Å². The fourth-order valence-electron chi connectivity index (χ4n) is 0.856. The Bertz CT molecular complexity index is 283. The minimum Gasteiger partial charge on any atom is -0.273 e. The lowest BCUT2D eigenvalue weighted by atomic mass is 10.1. The van der Waals surface area contributed by atoms with E-state index in [1.807, 2.05) is 0 Å². The van der Waals surface area contributed by atoms with Gasteiger partial charge in [-0.1, -0.05) is 15.9 Å². The molecular weight excluding hydrogens is 224 g/mol. The van der Waals surface area contributed by atoms with E-state index < -0.39 is 4.32 Å². The van der Waals surface area contributed by atoms with Crippen LogP contribution in [0.3, 0.4) is 0 Å². The maximum absolute atomic E-state index is 11.4. The maximum Gasteiger partial charge on any atom is 0.272 e. The molecule has 1 heterocycles. The highest BCUT2D eigenvalue weighted by atomic mass is 79.9. The summed E-state index contributed by atoms with van der Waals surface area (Å²) in [6.45, 7) is 4.69. The van der Waals surface area contributed by atoms with Crippen LogP contribution < -0.4 is 0 Å². The summed E-state index contributed by atoms with van der Waals surface area (Å²) < 4.78 is -0.807. The molecule has 0 aromatic carbocycles. The van der Waals surface area contributed by atoms with Gasteiger partial charge in [0.1, 0.15) is 4.32 Å². The van der Waals surface area contributed by atoms with Crippen LogP contribution in [0.15, 0.2) is 5.10 Å². The van der Waals surface area contributed by atoms with E-state index in [1.165, 1.54) is 6.92 Å². The number of hydrogen-bond acceptors (Lipinski definition) is 3. The number of hydrazone groups is 1. The monoisotopic (exact) mass is 232 g/mol. The summed E-state index contributed by atoms with van der Waals surface area (Å²) in [7, 11) is 0. The molecule has 5 heteroatoms. The van der Waals surface area contributed by atoms with Crippen molar-refractivity contribution >= 4 is 33.5 Å². The fraction of sp³-hybridized carbons (Fsp3) is 0.571. The summed E-state index contributed by atoms with van der Waals surface area (Å²) in [5, 5.41) is 4.70. The Morgan fingerprint density at radius 3 is 2.33 bits per heavy atom. The average Bonchev–Trinajstić information content (AvgIpc) is 2.13. The molecule has 0 aliphatic carbocycles. The zero-order chi connectivity index (χ0) is 9.52. The van der Waals surface area contributed by atoms with Crippen molar-refractivity contribution < 1.29 is 9.59 Å². The molecule has 0 aromatic rings. The van der Waals surface area contributed by atoms with Crippen LogP contribution in [0.5, 0.6) is 0 Å². The molecule has 0 fully saturated rings. The first kappa shape index (κ1) is 9.38. The molecule has 0 bridgehead atoms.